The molecule has 0 aliphatic carbocycles. The summed E-state index contributed by atoms with van der Waals surface area (Å²) in [5.41, 5.74) is -1.09. The monoisotopic (exact) mass is 324 g/mol. The Morgan fingerprint density at radius 1 is 1.07 bits per heavy atom. The van der Waals surface area contributed by atoms with Crippen molar-refractivity contribution < 1.29 is 9.85 Å². The minimum absolute atomic E-state index is 0.0728. The van der Waals surface area contributed by atoms with E-state index >= 15 is 0 Å². The molecule has 0 saturated carbocycles. The van der Waals surface area contributed by atoms with Gasteiger partial charge in [-0.3, -0.25) is 20.2 Å². The summed E-state index contributed by atoms with van der Waals surface area (Å²) in [6, 6.07) is 2.47. The predicted octanol–water partition coefficient (Wildman–Crippen LogP) is 3.03. The topological polar surface area (TPSA) is 86.3 Å². The summed E-state index contributed by atoms with van der Waals surface area (Å²) < 4.78 is 0.477. The van der Waals surface area contributed by atoms with Crippen LogP contribution in [0.1, 0.15) is 0 Å². The van der Waals surface area contributed by atoms with Gasteiger partial charge in [0.1, 0.15) is 4.47 Å². The molecule has 0 aromatic heterocycles. The van der Waals surface area contributed by atoms with E-state index in [0.29, 0.717) is 4.47 Å². The zero-order valence-electron chi connectivity index (χ0n) is 6.44. The smallest absolute Gasteiger partial charge is 0.258 e. The molecule has 0 fully saturated rings. The van der Waals surface area contributed by atoms with E-state index < -0.39 is 21.2 Å². The van der Waals surface area contributed by atoms with E-state index in [4.69, 9.17) is 0 Å². The van der Waals surface area contributed by atoms with Crippen molar-refractivity contribution in [2.24, 2.45) is 0 Å². The maximum atomic E-state index is 10.5. The van der Waals surface area contributed by atoms with Crippen LogP contribution in [0.2, 0.25) is 0 Å². The summed E-state index contributed by atoms with van der Waals surface area (Å²) in [6.07, 6.45) is 0. The van der Waals surface area contributed by atoms with Crippen LogP contribution in [0.3, 0.4) is 0 Å². The van der Waals surface area contributed by atoms with Crippen LogP contribution in [0, 0.1) is 20.2 Å². The molecule has 0 amide bonds. The van der Waals surface area contributed by atoms with Crippen LogP contribution < -0.4 is 0 Å². The second-order valence-electron chi connectivity index (χ2n) is 2.27. The molecule has 1 aromatic rings. The number of nitro groups is 2. The average Bonchev–Trinajstić information content (AvgIpc) is 2.01. The maximum Gasteiger partial charge on any atom is 0.360 e. The summed E-state index contributed by atoms with van der Waals surface area (Å²) >= 11 is 5.90. The Morgan fingerprint density at radius 3 is 2.07 bits per heavy atom. The largest absolute Gasteiger partial charge is 0.360 e. The Morgan fingerprint density at radius 2 is 1.64 bits per heavy atom. The molecular weight excluding hydrogens is 324 g/mol. The van der Waals surface area contributed by atoms with E-state index in [1.165, 1.54) is 6.07 Å². The molecular formula is C6H2Br2N2O4. The summed E-state index contributed by atoms with van der Waals surface area (Å²) in [6.45, 7) is 0. The second-order valence-corrected chi connectivity index (χ2v) is 4.04. The average molecular weight is 326 g/mol. The third-order valence-electron chi connectivity index (χ3n) is 1.39. The van der Waals surface area contributed by atoms with Gasteiger partial charge in [0.05, 0.1) is 9.85 Å². The maximum absolute atomic E-state index is 10.5. The molecule has 1 aromatic carbocycles. The number of halogens is 2. The van der Waals surface area contributed by atoms with Crippen molar-refractivity contribution in [3.63, 3.8) is 0 Å². The van der Waals surface area contributed by atoms with Crippen molar-refractivity contribution in [1.82, 2.24) is 0 Å². The van der Waals surface area contributed by atoms with Crippen LogP contribution >= 0.6 is 31.9 Å². The predicted molar refractivity (Wildman–Crippen MR) is 55.2 cm³/mol. The molecule has 14 heavy (non-hydrogen) atoms. The number of rotatable bonds is 2. The third kappa shape index (κ3) is 2.07. The van der Waals surface area contributed by atoms with E-state index in [2.05, 4.69) is 31.9 Å². The molecule has 0 spiro atoms. The fourth-order valence-electron chi connectivity index (χ4n) is 0.872. The van der Waals surface area contributed by atoms with E-state index in [9.17, 15) is 20.2 Å². The fraction of sp³-hybridized carbons (Fsp3) is 0. The zero-order chi connectivity index (χ0) is 10.9. The molecule has 8 heteroatoms. The minimum Gasteiger partial charge on any atom is -0.258 e. The first kappa shape index (κ1) is 11.1. The third-order valence-corrected chi connectivity index (χ3v) is 2.45. The van der Waals surface area contributed by atoms with Gasteiger partial charge in [0.2, 0.25) is 0 Å². The molecule has 0 unspecified atom stereocenters. The zero-order valence-corrected chi connectivity index (χ0v) is 9.61. The van der Waals surface area contributed by atoms with Crippen molar-refractivity contribution >= 4 is 43.2 Å². The summed E-state index contributed by atoms with van der Waals surface area (Å²) in [5.74, 6) is 0. The minimum atomic E-state index is -0.798. The van der Waals surface area contributed by atoms with Gasteiger partial charge in [-0.2, -0.15) is 0 Å². The Bertz CT molecular complexity index is 421. The number of hydrogen-bond donors (Lipinski definition) is 0. The molecule has 0 bridgehead atoms. The Kier molecular flexibility index (Phi) is 3.17. The molecule has 74 valence electrons. The lowest BCUT2D eigenvalue weighted by molar-refractivity contribution is -0.423. The van der Waals surface area contributed by atoms with Gasteiger partial charge in [-0.25, -0.2) is 0 Å². The Labute approximate surface area is 94.5 Å². The van der Waals surface area contributed by atoms with Crippen LogP contribution in [-0.4, -0.2) is 9.85 Å². The van der Waals surface area contributed by atoms with Crippen LogP contribution in [0.5, 0.6) is 0 Å². The van der Waals surface area contributed by atoms with Crippen molar-refractivity contribution in [1.29, 1.82) is 0 Å². The van der Waals surface area contributed by atoms with Crippen LogP contribution in [0.15, 0.2) is 21.1 Å². The van der Waals surface area contributed by atoms with Gasteiger partial charge in [-0.15, -0.1) is 0 Å². The molecule has 6 nitrogen and oxygen atoms in total. The molecule has 1 rings (SSSR count). The quantitative estimate of drug-likeness (QED) is 0.617. The van der Waals surface area contributed by atoms with Gasteiger partial charge in [0.25, 0.3) is 0 Å². The summed E-state index contributed by atoms with van der Waals surface area (Å²) in [5, 5.41) is 21.0. The number of nitro benzene ring substituents is 2. The van der Waals surface area contributed by atoms with E-state index in [-0.39, 0.29) is 4.47 Å². The molecule has 0 aliphatic heterocycles. The van der Waals surface area contributed by atoms with Crippen LogP contribution in [0.25, 0.3) is 0 Å². The first-order chi connectivity index (χ1) is 6.43. The second kappa shape index (κ2) is 4.01. The van der Waals surface area contributed by atoms with Crippen LogP contribution in [-0.2, 0) is 0 Å². The number of benzene rings is 1. The first-order valence-electron chi connectivity index (χ1n) is 3.21. The molecule has 0 saturated heterocycles. The van der Waals surface area contributed by atoms with Gasteiger partial charge in [-0.05, 0) is 22.0 Å². The SMILES string of the molecule is O=[N+]([O-])c1cc(Br)cc(Br)c1[N+](=O)[O-]. The molecule has 0 radical (unpaired) electrons. The van der Waals surface area contributed by atoms with E-state index in [0.717, 1.165) is 6.07 Å². The van der Waals surface area contributed by atoms with Crippen LogP contribution in [0.4, 0.5) is 11.4 Å². The van der Waals surface area contributed by atoms with Gasteiger partial charge in [-0.1, -0.05) is 15.9 Å². The van der Waals surface area contributed by atoms with E-state index in [1.807, 2.05) is 0 Å². The highest BCUT2D eigenvalue weighted by atomic mass is 79.9. The highest BCUT2D eigenvalue weighted by Gasteiger charge is 2.28. The summed E-state index contributed by atoms with van der Waals surface area (Å²) in [7, 11) is 0. The van der Waals surface area contributed by atoms with Gasteiger partial charge in [0.15, 0.2) is 0 Å². The highest BCUT2D eigenvalue weighted by molar-refractivity contribution is 9.11. The van der Waals surface area contributed by atoms with Crippen molar-refractivity contribution in [2.75, 3.05) is 0 Å². The number of hydrogen-bond acceptors (Lipinski definition) is 4. The lowest BCUT2D eigenvalue weighted by Gasteiger charge is -1.97. The molecule has 0 atom stereocenters. The van der Waals surface area contributed by atoms with Crippen molar-refractivity contribution in [3.8, 4) is 0 Å². The standard InChI is InChI=1S/C6H2Br2N2O4/c7-3-1-4(8)6(10(13)14)5(2-3)9(11)12/h1-2H. The normalized spacial score (nSPS) is 9.86. The highest BCUT2D eigenvalue weighted by Crippen LogP contribution is 2.37. The summed E-state index contributed by atoms with van der Waals surface area (Å²) in [4.78, 5) is 19.4. The van der Waals surface area contributed by atoms with Gasteiger partial charge < -0.3 is 0 Å². The lowest BCUT2D eigenvalue weighted by Crippen LogP contribution is -1.97. The van der Waals surface area contributed by atoms with Gasteiger partial charge >= 0.3 is 11.4 Å². The van der Waals surface area contributed by atoms with Crippen molar-refractivity contribution in [2.45, 2.75) is 0 Å². The molecule has 0 N–H and O–H groups in total. The fourth-order valence-corrected chi connectivity index (χ4v) is 2.22. The number of nitrogens with zero attached hydrogens (tertiary/aromatic N) is 2. The lowest BCUT2D eigenvalue weighted by atomic mass is 10.3. The molecule has 0 aliphatic rings. The van der Waals surface area contributed by atoms with Gasteiger partial charge in [0, 0.05) is 10.5 Å². The Balaban J connectivity index is 3.52. The van der Waals surface area contributed by atoms with E-state index in [1.54, 1.807) is 0 Å². The Hall–Kier alpha value is -1.02. The first-order valence-corrected chi connectivity index (χ1v) is 4.80. The van der Waals surface area contributed by atoms with Crippen molar-refractivity contribution in [3.05, 3.63) is 41.3 Å². The molecule has 0 heterocycles.